The fraction of sp³-hybridized carbons (Fsp3) is 0.200. The summed E-state index contributed by atoms with van der Waals surface area (Å²) < 4.78 is 11.7. The molecular formula is C15H10ClN3O5. The van der Waals surface area contributed by atoms with E-state index in [2.05, 4.69) is 0 Å². The van der Waals surface area contributed by atoms with Crippen molar-refractivity contribution in [2.75, 3.05) is 6.79 Å². The van der Waals surface area contributed by atoms with E-state index in [1.807, 2.05) is 0 Å². The molecule has 0 spiro atoms. The topological polar surface area (TPSA) is 107 Å². The van der Waals surface area contributed by atoms with Crippen molar-refractivity contribution in [3.63, 3.8) is 0 Å². The molecule has 9 heteroatoms. The molecule has 3 rings (SSSR count). The Labute approximate surface area is 140 Å². The summed E-state index contributed by atoms with van der Waals surface area (Å²) in [5.74, 6) is 0.530. The van der Waals surface area contributed by atoms with Gasteiger partial charge in [-0.25, -0.2) is 0 Å². The van der Waals surface area contributed by atoms with Gasteiger partial charge in [-0.2, -0.15) is 5.26 Å². The quantitative estimate of drug-likeness (QED) is 0.622. The zero-order valence-corrected chi connectivity index (χ0v) is 12.9. The lowest BCUT2D eigenvalue weighted by Crippen LogP contribution is -2.24. The van der Waals surface area contributed by atoms with E-state index in [1.54, 1.807) is 18.2 Å². The molecule has 0 fully saturated rings. The molecule has 0 saturated carbocycles. The second-order valence-electron chi connectivity index (χ2n) is 5.08. The summed E-state index contributed by atoms with van der Waals surface area (Å²) in [6.45, 7) is 0.364. The zero-order valence-electron chi connectivity index (χ0n) is 12.2. The van der Waals surface area contributed by atoms with E-state index >= 15 is 0 Å². The number of ether oxygens (including phenoxy) is 2. The fourth-order valence-corrected chi connectivity index (χ4v) is 2.74. The Balaban J connectivity index is 2.11. The molecule has 0 aliphatic carbocycles. The smallest absolute Gasteiger partial charge is 0.287 e. The molecular weight excluding hydrogens is 338 g/mol. The minimum Gasteiger partial charge on any atom is -0.467 e. The van der Waals surface area contributed by atoms with Crippen LogP contribution in [0.5, 0.6) is 5.75 Å². The van der Waals surface area contributed by atoms with Crippen LogP contribution in [0.2, 0.25) is 5.02 Å². The first-order valence-electron chi connectivity index (χ1n) is 6.80. The number of fused-ring (bicyclic) bond motifs is 1. The van der Waals surface area contributed by atoms with Crippen molar-refractivity contribution in [3.05, 3.63) is 66.6 Å². The summed E-state index contributed by atoms with van der Waals surface area (Å²) in [4.78, 5) is 22.6. The van der Waals surface area contributed by atoms with Crippen molar-refractivity contribution in [2.24, 2.45) is 0 Å². The number of benzene rings is 1. The third-order valence-electron chi connectivity index (χ3n) is 3.50. The molecule has 1 aliphatic rings. The standard InChI is InChI=1S/C15H10ClN3O5/c16-12-1-10(14-11(2-12)7-23-8-24-14)5-18-6-13(19(21)22)3-9(4-17)15(18)20/h1-3,6H,5,7-8H2. The van der Waals surface area contributed by atoms with E-state index in [-0.39, 0.29) is 24.6 Å². The van der Waals surface area contributed by atoms with Crippen LogP contribution in [0.1, 0.15) is 16.7 Å². The van der Waals surface area contributed by atoms with Gasteiger partial charge in [0.2, 0.25) is 0 Å². The second-order valence-corrected chi connectivity index (χ2v) is 5.51. The van der Waals surface area contributed by atoms with Gasteiger partial charge < -0.3 is 14.0 Å². The molecule has 0 atom stereocenters. The lowest BCUT2D eigenvalue weighted by atomic mass is 10.1. The van der Waals surface area contributed by atoms with Crippen LogP contribution in [0.3, 0.4) is 0 Å². The first-order valence-corrected chi connectivity index (χ1v) is 7.18. The maximum absolute atomic E-state index is 12.3. The van der Waals surface area contributed by atoms with Crippen LogP contribution in [0.15, 0.2) is 29.2 Å². The molecule has 0 saturated heterocycles. The summed E-state index contributed by atoms with van der Waals surface area (Å²) in [6.07, 6.45) is 1.09. The van der Waals surface area contributed by atoms with Gasteiger partial charge in [-0.1, -0.05) is 11.6 Å². The Hall–Kier alpha value is -2.89. The van der Waals surface area contributed by atoms with Gasteiger partial charge in [-0.3, -0.25) is 14.9 Å². The van der Waals surface area contributed by atoms with Crippen LogP contribution >= 0.6 is 11.6 Å². The van der Waals surface area contributed by atoms with Crippen molar-refractivity contribution < 1.29 is 14.4 Å². The molecule has 122 valence electrons. The summed E-state index contributed by atoms with van der Waals surface area (Å²) in [7, 11) is 0. The summed E-state index contributed by atoms with van der Waals surface area (Å²) in [6, 6.07) is 5.94. The molecule has 1 aromatic heterocycles. The molecule has 0 bridgehead atoms. The van der Waals surface area contributed by atoms with Gasteiger partial charge >= 0.3 is 0 Å². The van der Waals surface area contributed by atoms with Crippen LogP contribution in [0, 0.1) is 21.4 Å². The number of nitrogens with zero attached hydrogens (tertiary/aromatic N) is 3. The zero-order chi connectivity index (χ0) is 17.3. The van der Waals surface area contributed by atoms with E-state index in [1.165, 1.54) is 0 Å². The van der Waals surface area contributed by atoms with Crippen LogP contribution in [-0.4, -0.2) is 16.3 Å². The van der Waals surface area contributed by atoms with E-state index in [4.69, 9.17) is 26.3 Å². The Morgan fingerprint density at radius 1 is 1.42 bits per heavy atom. The average Bonchev–Trinajstić information content (AvgIpc) is 2.56. The number of hydrogen-bond acceptors (Lipinski definition) is 6. The summed E-state index contributed by atoms with van der Waals surface area (Å²) >= 11 is 6.07. The Morgan fingerprint density at radius 2 is 2.21 bits per heavy atom. The Morgan fingerprint density at radius 3 is 2.92 bits per heavy atom. The van der Waals surface area contributed by atoms with Crippen molar-refractivity contribution in [1.82, 2.24) is 4.57 Å². The molecule has 0 N–H and O–H groups in total. The monoisotopic (exact) mass is 347 g/mol. The predicted octanol–water partition coefficient (Wildman–Crippen LogP) is 2.20. The highest BCUT2D eigenvalue weighted by molar-refractivity contribution is 6.30. The maximum Gasteiger partial charge on any atom is 0.287 e. The Kier molecular flexibility index (Phi) is 4.20. The van der Waals surface area contributed by atoms with Crippen molar-refractivity contribution in [3.8, 4) is 11.8 Å². The third-order valence-corrected chi connectivity index (χ3v) is 3.71. The van der Waals surface area contributed by atoms with Gasteiger partial charge in [0.25, 0.3) is 11.2 Å². The number of hydrogen-bond donors (Lipinski definition) is 0. The minimum atomic E-state index is -0.658. The highest BCUT2D eigenvalue weighted by atomic mass is 35.5. The van der Waals surface area contributed by atoms with Crippen molar-refractivity contribution >= 4 is 17.3 Å². The lowest BCUT2D eigenvalue weighted by Gasteiger charge is -2.21. The average molecular weight is 348 g/mol. The number of pyridine rings is 1. The fourth-order valence-electron chi connectivity index (χ4n) is 2.47. The third kappa shape index (κ3) is 2.95. The lowest BCUT2D eigenvalue weighted by molar-refractivity contribution is -0.385. The highest BCUT2D eigenvalue weighted by Crippen LogP contribution is 2.32. The number of rotatable bonds is 3. The maximum atomic E-state index is 12.3. The Bertz CT molecular complexity index is 932. The molecule has 8 nitrogen and oxygen atoms in total. The normalized spacial score (nSPS) is 12.8. The van der Waals surface area contributed by atoms with E-state index < -0.39 is 10.5 Å². The second kappa shape index (κ2) is 6.31. The van der Waals surface area contributed by atoms with Crippen molar-refractivity contribution in [2.45, 2.75) is 13.2 Å². The largest absolute Gasteiger partial charge is 0.467 e. The molecule has 24 heavy (non-hydrogen) atoms. The SMILES string of the molecule is N#Cc1cc([N+](=O)[O-])cn(Cc2cc(Cl)cc3c2OCOC3)c1=O. The van der Waals surface area contributed by atoms with Gasteiger partial charge in [0.05, 0.1) is 24.3 Å². The number of nitro groups is 1. The van der Waals surface area contributed by atoms with E-state index in [0.29, 0.717) is 22.9 Å². The van der Waals surface area contributed by atoms with Gasteiger partial charge in [0, 0.05) is 22.2 Å². The highest BCUT2D eigenvalue weighted by Gasteiger charge is 2.19. The van der Waals surface area contributed by atoms with Gasteiger partial charge in [-0.05, 0) is 12.1 Å². The molecule has 2 heterocycles. The predicted molar refractivity (Wildman–Crippen MR) is 82.9 cm³/mol. The summed E-state index contributed by atoms with van der Waals surface area (Å²) in [5.41, 5.74) is 0.0366. The van der Waals surface area contributed by atoms with Crippen LogP contribution in [-0.2, 0) is 17.9 Å². The number of aromatic nitrogens is 1. The van der Waals surface area contributed by atoms with Gasteiger partial charge in [-0.15, -0.1) is 0 Å². The molecule has 0 radical (unpaired) electrons. The van der Waals surface area contributed by atoms with Crippen LogP contribution in [0.25, 0.3) is 0 Å². The van der Waals surface area contributed by atoms with Crippen molar-refractivity contribution in [1.29, 1.82) is 5.26 Å². The van der Waals surface area contributed by atoms with E-state index in [9.17, 15) is 14.9 Å². The van der Waals surface area contributed by atoms with Gasteiger partial charge in [0.15, 0.2) is 6.79 Å². The van der Waals surface area contributed by atoms with Gasteiger partial charge in [0.1, 0.15) is 17.4 Å². The van der Waals surface area contributed by atoms with Crippen LogP contribution < -0.4 is 10.3 Å². The summed E-state index contributed by atoms with van der Waals surface area (Å²) in [5, 5.41) is 20.4. The number of nitriles is 1. The molecule has 0 unspecified atom stereocenters. The van der Waals surface area contributed by atoms with Crippen LogP contribution in [0.4, 0.5) is 5.69 Å². The molecule has 0 amide bonds. The first kappa shape index (κ1) is 16.0. The number of halogens is 1. The first-order chi connectivity index (χ1) is 11.5. The molecule has 2 aromatic rings. The molecule has 1 aromatic carbocycles. The minimum absolute atomic E-state index is 0.0158. The van der Waals surface area contributed by atoms with E-state index in [0.717, 1.165) is 22.4 Å². The molecule has 1 aliphatic heterocycles.